The van der Waals surface area contributed by atoms with Crippen molar-refractivity contribution in [3.63, 3.8) is 0 Å². The molecule has 0 saturated heterocycles. The zero-order chi connectivity index (χ0) is 15.0. The summed E-state index contributed by atoms with van der Waals surface area (Å²) in [6, 6.07) is 0. The van der Waals surface area contributed by atoms with Crippen molar-refractivity contribution in [2.75, 3.05) is 6.61 Å². The Hall–Kier alpha value is -1.32. The van der Waals surface area contributed by atoms with Crippen molar-refractivity contribution in [3.05, 3.63) is 12.7 Å². The van der Waals surface area contributed by atoms with E-state index in [1.54, 1.807) is 0 Å². The normalized spacial score (nSPS) is 39.9. The Labute approximate surface area is 125 Å². The van der Waals surface area contributed by atoms with Gasteiger partial charge in [0.2, 0.25) is 0 Å². The van der Waals surface area contributed by atoms with Crippen molar-refractivity contribution < 1.29 is 19.1 Å². The maximum absolute atomic E-state index is 12.0. The maximum atomic E-state index is 12.0. The number of hydrogen-bond donors (Lipinski definition) is 0. The molecule has 0 aromatic carbocycles. The molecular formula is C17H24O4. The van der Waals surface area contributed by atoms with Crippen LogP contribution in [0.4, 0.5) is 0 Å². The van der Waals surface area contributed by atoms with Gasteiger partial charge in [0, 0.05) is 12.0 Å². The summed E-state index contributed by atoms with van der Waals surface area (Å²) in [6.45, 7) is 5.11. The van der Waals surface area contributed by atoms with E-state index in [9.17, 15) is 9.59 Å². The van der Waals surface area contributed by atoms with Crippen molar-refractivity contribution in [1.82, 2.24) is 0 Å². The summed E-state index contributed by atoms with van der Waals surface area (Å²) >= 11 is 0. The molecule has 4 nitrogen and oxygen atoms in total. The lowest BCUT2D eigenvalue weighted by atomic mass is 9.71. The zero-order valence-electron chi connectivity index (χ0n) is 12.7. The average molecular weight is 292 g/mol. The second kappa shape index (κ2) is 5.47. The molecule has 0 aromatic rings. The lowest BCUT2D eigenvalue weighted by molar-refractivity contribution is -0.177. The van der Waals surface area contributed by atoms with Gasteiger partial charge in [-0.25, -0.2) is 9.59 Å². The van der Waals surface area contributed by atoms with Crippen LogP contribution in [0.2, 0.25) is 0 Å². The number of fused-ring (bicyclic) bond motifs is 5. The lowest BCUT2D eigenvalue weighted by Crippen LogP contribution is -2.45. The van der Waals surface area contributed by atoms with Gasteiger partial charge in [-0.3, -0.25) is 0 Å². The Morgan fingerprint density at radius 1 is 1.33 bits per heavy atom. The fraction of sp³-hybridized carbons (Fsp3) is 0.765. The molecule has 0 aromatic heterocycles. The number of carbonyl (C=O) groups excluding carboxylic acids is 2. The highest BCUT2D eigenvalue weighted by Crippen LogP contribution is 2.64. The van der Waals surface area contributed by atoms with Crippen LogP contribution in [0.15, 0.2) is 12.7 Å². The van der Waals surface area contributed by atoms with Gasteiger partial charge >= 0.3 is 11.9 Å². The summed E-state index contributed by atoms with van der Waals surface area (Å²) in [5.74, 6) is 1.85. The van der Waals surface area contributed by atoms with Crippen LogP contribution in [0.25, 0.3) is 0 Å². The molecule has 21 heavy (non-hydrogen) atoms. The average Bonchev–Trinajstić information content (AvgIpc) is 3.15. The van der Waals surface area contributed by atoms with Gasteiger partial charge in [-0.2, -0.15) is 0 Å². The van der Waals surface area contributed by atoms with Crippen LogP contribution < -0.4 is 0 Å². The van der Waals surface area contributed by atoms with Gasteiger partial charge in [0.15, 0.2) is 6.61 Å². The number of carbonyl (C=O) groups is 2. The highest BCUT2D eigenvalue weighted by molar-refractivity contribution is 5.83. The minimum Gasteiger partial charge on any atom is -0.456 e. The van der Waals surface area contributed by atoms with Crippen molar-refractivity contribution >= 4 is 11.9 Å². The van der Waals surface area contributed by atoms with Crippen LogP contribution in [0.3, 0.4) is 0 Å². The predicted octanol–water partition coefficient (Wildman–Crippen LogP) is 2.86. The Kier molecular flexibility index (Phi) is 3.80. The molecule has 0 N–H and O–H groups in total. The molecule has 116 valence electrons. The summed E-state index contributed by atoms with van der Waals surface area (Å²) in [4.78, 5) is 23.1. The van der Waals surface area contributed by atoms with E-state index in [0.29, 0.717) is 5.92 Å². The highest BCUT2D eigenvalue weighted by atomic mass is 16.6. The van der Waals surface area contributed by atoms with E-state index >= 15 is 0 Å². The van der Waals surface area contributed by atoms with Crippen LogP contribution in [0.5, 0.6) is 0 Å². The number of rotatable bonds is 5. The molecule has 5 unspecified atom stereocenters. The van der Waals surface area contributed by atoms with Gasteiger partial charge in [-0.1, -0.05) is 19.9 Å². The molecule has 0 heterocycles. The summed E-state index contributed by atoms with van der Waals surface area (Å²) in [7, 11) is 0. The minimum absolute atomic E-state index is 0.307. The fourth-order valence-corrected chi connectivity index (χ4v) is 5.25. The van der Waals surface area contributed by atoms with Gasteiger partial charge in [-0.05, 0) is 49.9 Å². The molecule has 0 aliphatic heterocycles. The molecule has 3 aliphatic carbocycles. The third kappa shape index (κ3) is 2.39. The van der Waals surface area contributed by atoms with Crippen molar-refractivity contribution in [2.45, 2.75) is 51.0 Å². The first-order valence-electron chi connectivity index (χ1n) is 8.10. The van der Waals surface area contributed by atoms with Gasteiger partial charge in [0.05, 0.1) is 0 Å². The van der Waals surface area contributed by atoms with Gasteiger partial charge < -0.3 is 9.47 Å². The van der Waals surface area contributed by atoms with Crippen LogP contribution in [-0.4, -0.2) is 24.1 Å². The SMILES string of the molecule is C=CC(=O)OCC(=O)OC1(CC)CC2CC1C1CCCC21. The van der Waals surface area contributed by atoms with E-state index in [1.165, 1.54) is 25.7 Å². The second-order valence-corrected chi connectivity index (χ2v) is 6.77. The first kappa shape index (κ1) is 14.6. The molecule has 0 amide bonds. The summed E-state index contributed by atoms with van der Waals surface area (Å²) < 4.78 is 10.6. The quantitative estimate of drug-likeness (QED) is 0.577. The molecule has 0 spiro atoms. The summed E-state index contributed by atoms with van der Waals surface area (Å²) in [6.07, 6.45) is 8.10. The molecule has 5 atom stereocenters. The predicted molar refractivity (Wildman–Crippen MR) is 77.3 cm³/mol. The number of esters is 2. The monoisotopic (exact) mass is 292 g/mol. The first-order chi connectivity index (χ1) is 10.1. The van der Waals surface area contributed by atoms with Gasteiger partial charge in [0.25, 0.3) is 0 Å². The van der Waals surface area contributed by atoms with E-state index in [4.69, 9.17) is 9.47 Å². The van der Waals surface area contributed by atoms with E-state index < -0.39 is 11.9 Å². The van der Waals surface area contributed by atoms with Crippen LogP contribution in [-0.2, 0) is 19.1 Å². The molecule has 3 fully saturated rings. The fourth-order valence-electron chi connectivity index (χ4n) is 5.25. The van der Waals surface area contributed by atoms with E-state index in [1.807, 2.05) is 0 Å². The molecule has 3 rings (SSSR count). The number of hydrogen-bond acceptors (Lipinski definition) is 4. The maximum Gasteiger partial charge on any atom is 0.344 e. The topological polar surface area (TPSA) is 52.6 Å². The Morgan fingerprint density at radius 2 is 2.10 bits per heavy atom. The Bertz CT molecular complexity index is 458. The Morgan fingerprint density at radius 3 is 2.81 bits per heavy atom. The van der Waals surface area contributed by atoms with Gasteiger partial charge in [0.1, 0.15) is 5.60 Å². The minimum atomic E-state index is -0.582. The lowest BCUT2D eigenvalue weighted by Gasteiger charge is -2.41. The second-order valence-electron chi connectivity index (χ2n) is 6.77. The van der Waals surface area contributed by atoms with Crippen molar-refractivity contribution in [1.29, 1.82) is 0 Å². The van der Waals surface area contributed by atoms with Gasteiger partial charge in [-0.15, -0.1) is 0 Å². The smallest absolute Gasteiger partial charge is 0.344 e. The summed E-state index contributed by atoms with van der Waals surface area (Å²) in [5, 5.41) is 0. The molecule has 2 bridgehead atoms. The van der Waals surface area contributed by atoms with E-state index in [-0.39, 0.29) is 12.2 Å². The molecular weight excluding hydrogens is 268 g/mol. The van der Waals surface area contributed by atoms with E-state index in [0.717, 1.165) is 36.7 Å². The Balaban J connectivity index is 1.64. The molecule has 4 heteroatoms. The van der Waals surface area contributed by atoms with Crippen molar-refractivity contribution in [3.8, 4) is 0 Å². The third-order valence-corrected chi connectivity index (χ3v) is 6.00. The van der Waals surface area contributed by atoms with E-state index in [2.05, 4.69) is 13.5 Å². The van der Waals surface area contributed by atoms with Crippen molar-refractivity contribution in [2.24, 2.45) is 23.7 Å². The highest BCUT2D eigenvalue weighted by Gasteiger charge is 2.61. The van der Waals surface area contributed by atoms with Crippen LogP contribution >= 0.6 is 0 Å². The van der Waals surface area contributed by atoms with Crippen LogP contribution in [0, 0.1) is 23.7 Å². The molecule has 3 saturated carbocycles. The molecule has 3 aliphatic rings. The number of ether oxygens (including phenoxy) is 2. The first-order valence-corrected chi connectivity index (χ1v) is 8.10. The third-order valence-electron chi connectivity index (χ3n) is 6.00. The van der Waals surface area contributed by atoms with Crippen LogP contribution in [0.1, 0.15) is 45.4 Å². The summed E-state index contributed by atoms with van der Waals surface area (Å²) in [5.41, 5.74) is -0.312. The standard InChI is InChI=1S/C17H24O4/c1-3-15(18)20-10-16(19)21-17(4-2)9-11-8-14(17)13-7-5-6-12(11)13/h3,11-14H,1,4-10H2,2H3. The zero-order valence-corrected chi connectivity index (χ0v) is 12.7. The molecule has 0 radical (unpaired) electrons. The largest absolute Gasteiger partial charge is 0.456 e.